The Bertz CT molecular complexity index is 536. The average Bonchev–Trinajstić information content (AvgIpc) is 2.57. The summed E-state index contributed by atoms with van der Waals surface area (Å²) in [6.07, 6.45) is 3.59. The summed E-state index contributed by atoms with van der Waals surface area (Å²) in [5, 5.41) is 2.85. The smallest absolute Gasteiger partial charge is 0.445 e. The molecule has 0 aromatic rings. The lowest BCUT2D eigenvalue weighted by atomic mass is 9.63. The van der Waals surface area contributed by atoms with Crippen LogP contribution in [0, 0.1) is 10.8 Å². The number of carbonyl (C=O) groups excluding carboxylic acids is 2. The predicted molar refractivity (Wildman–Crippen MR) is 108 cm³/mol. The number of nitrogens with one attached hydrogen (secondary N) is 1. The molecule has 162 valence electrons. The third kappa shape index (κ3) is 8.01. The van der Waals surface area contributed by atoms with Crippen LogP contribution >= 0.6 is 0 Å². The number of ether oxygens (including phenoxy) is 1. The highest BCUT2D eigenvalue weighted by atomic mass is 28.4. The van der Waals surface area contributed by atoms with Crippen molar-refractivity contribution >= 4 is 21.0 Å². The number of aliphatic imine (C=N–C) groups is 1. The Balaban J connectivity index is 2.65. The van der Waals surface area contributed by atoms with Gasteiger partial charge in [0.05, 0.1) is 6.04 Å². The third-order valence-corrected chi connectivity index (χ3v) is 7.47. The lowest BCUT2D eigenvalue weighted by molar-refractivity contribution is 0.0414. The van der Waals surface area contributed by atoms with E-state index in [9.17, 15) is 9.59 Å². The Hall–Kier alpha value is -1.25. The van der Waals surface area contributed by atoms with Crippen LogP contribution in [0.2, 0.25) is 0 Å². The van der Waals surface area contributed by atoms with Crippen LogP contribution in [0.15, 0.2) is 4.99 Å². The summed E-state index contributed by atoms with van der Waals surface area (Å²) in [6, 6.07) is -0.0713. The number of alkyl carbamates (subject to hydrolysis) is 1. The molecule has 0 saturated heterocycles. The van der Waals surface area contributed by atoms with Crippen molar-refractivity contribution in [1.29, 1.82) is 0 Å². The molecule has 2 unspecified atom stereocenters. The first kappa shape index (κ1) is 24.8. The van der Waals surface area contributed by atoms with Gasteiger partial charge >= 0.3 is 14.9 Å². The van der Waals surface area contributed by atoms with Crippen LogP contribution in [-0.2, 0) is 22.8 Å². The normalized spacial score (nSPS) is 24.3. The highest BCUT2D eigenvalue weighted by molar-refractivity contribution is 6.60. The fourth-order valence-electron chi connectivity index (χ4n) is 4.28. The van der Waals surface area contributed by atoms with Crippen molar-refractivity contribution in [1.82, 2.24) is 5.32 Å². The second kappa shape index (κ2) is 11.1. The molecule has 0 bridgehead atoms. The van der Waals surface area contributed by atoms with E-state index in [0.717, 1.165) is 19.3 Å². The summed E-state index contributed by atoms with van der Waals surface area (Å²) >= 11 is 0. The van der Waals surface area contributed by atoms with E-state index in [1.807, 2.05) is 20.8 Å². The molecule has 1 aliphatic carbocycles. The van der Waals surface area contributed by atoms with Crippen molar-refractivity contribution < 1.29 is 27.6 Å². The molecular weight excluding hydrogens is 380 g/mol. The number of hydrogen-bond acceptors (Lipinski definition) is 7. The van der Waals surface area contributed by atoms with Crippen molar-refractivity contribution in [2.24, 2.45) is 15.8 Å². The van der Waals surface area contributed by atoms with Gasteiger partial charge in [0.25, 0.3) is 0 Å². The number of amides is 1. The molecule has 1 amide bonds. The van der Waals surface area contributed by atoms with Crippen molar-refractivity contribution in [3.05, 3.63) is 0 Å². The number of hydrogen-bond donors (Lipinski definition) is 1. The minimum absolute atomic E-state index is 0.0323. The molecule has 0 heterocycles. The van der Waals surface area contributed by atoms with Crippen molar-refractivity contribution in [3.8, 4) is 0 Å². The fraction of sp³-hybridized carbons (Fsp3) is 0.895. The number of nitrogens with zero attached hydrogens (tertiary/aromatic N) is 1. The number of carbonyl (C=O) groups is 1. The predicted octanol–water partition coefficient (Wildman–Crippen LogP) is 3.22. The van der Waals surface area contributed by atoms with Crippen LogP contribution in [0.4, 0.5) is 4.79 Å². The van der Waals surface area contributed by atoms with Crippen LogP contribution in [0.5, 0.6) is 0 Å². The molecule has 0 radical (unpaired) electrons. The first-order chi connectivity index (χ1) is 13.1. The molecule has 1 rings (SSSR count). The molecule has 1 fully saturated rings. The van der Waals surface area contributed by atoms with Gasteiger partial charge in [0, 0.05) is 26.4 Å². The van der Waals surface area contributed by atoms with Gasteiger partial charge in [0.1, 0.15) is 0 Å². The largest absolute Gasteiger partial charge is 0.540 e. The maximum Gasteiger partial charge on any atom is 0.540 e. The van der Waals surface area contributed by atoms with Crippen LogP contribution in [0.1, 0.15) is 60.8 Å². The Labute approximate surface area is 169 Å². The summed E-state index contributed by atoms with van der Waals surface area (Å²) in [5.74, 6) is 0. The first-order valence-electron chi connectivity index (χ1n) is 10.0. The first-order valence-corrected chi connectivity index (χ1v) is 12.0. The van der Waals surface area contributed by atoms with Gasteiger partial charge in [-0.15, -0.1) is 0 Å². The van der Waals surface area contributed by atoms with Crippen LogP contribution < -0.4 is 5.32 Å². The Morgan fingerprint density at radius 3 is 2.18 bits per heavy atom. The SMILES string of the molecule is CCO[Si](COC(=O)NCC1(C)CC(N=C=O)CC(C)(C)C1)(OCC)OCC. The highest BCUT2D eigenvalue weighted by Crippen LogP contribution is 2.46. The van der Waals surface area contributed by atoms with Gasteiger partial charge in [-0.2, -0.15) is 0 Å². The van der Waals surface area contributed by atoms with E-state index in [2.05, 4.69) is 31.1 Å². The van der Waals surface area contributed by atoms with E-state index in [4.69, 9.17) is 18.0 Å². The van der Waals surface area contributed by atoms with E-state index in [-0.39, 0.29) is 23.1 Å². The van der Waals surface area contributed by atoms with Gasteiger partial charge in [0.15, 0.2) is 6.23 Å². The molecule has 28 heavy (non-hydrogen) atoms. The summed E-state index contributed by atoms with van der Waals surface area (Å²) in [4.78, 5) is 26.9. The lowest BCUT2D eigenvalue weighted by Gasteiger charge is -2.45. The van der Waals surface area contributed by atoms with Crippen LogP contribution in [0.25, 0.3) is 0 Å². The molecule has 2 atom stereocenters. The van der Waals surface area contributed by atoms with Crippen molar-refractivity contribution in [3.63, 3.8) is 0 Å². The zero-order valence-electron chi connectivity index (χ0n) is 18.1. The molecule has 1 saturated carbocycles. The van der Waals surface area contributed by atoms with E-state index in [1.165, 1.54) is 0 Å². The molecule has 9 heteroatoms. The number of rotatable bonds is 11. The second-order valence-electron chi connectivity index (χ2n) is 8.35. The van der Waals surface area contributed by atoms with Gasteiger partial charge in [0.2, 0.25) is 6.08 Å². The molecule has 0 spiro atoms. The van der Waals surface area contributed by atoms with E-state index in [1.54, 1.807) is 6.08 Å². The summed E-state index contributed by atoms with van der Waals surface area (Å²) < 4.78 is 22.4. The van der Waals surface area contributed by atoms with E-state index < -0.39 is 14.9 Å². The van der Waals surface area contributed by atoms with Gasteiger partial charge in [-0.25, -0.2) is 14.6 Å². The van der Waals surface area contributed by atoms with E-state index >= 15 is 0 Å². The molecule has 0 aromatic heterocycles. The highest BCUT2D eigenvalue weighted by Gasteiger charge is 2.44. The molecule has 8 nitrogen and oxygen atoms in total. The monoisotopic (exact) mass is 416 g/mol. The molecule has 0 aromatic carbocycles. The van der Waals surface area contributed by atoms with Crippen LogP contribution in [0.3, 0.4) is 0 Å². The van der Waals surface area contributed by atoms with Crippen molar-refractivity contribution in [2.45, 2.75) is 66.8 Å². The number of isocyanates is 1. The third-order valence-electron chi connectivity index (χ3n) is 4.79. The fourth-order valence-corrected chi connectivity index (χ4v) is 6.41. The topological polar surface area (TPSA) is 95.5 Å². The molecular formula is C19H36N2O6Si. The van der Waals surface area contributed by atoms with Gasteiger partial charge in [-0.1, -0.05) is 20.8 Å². The minimum atomic E-state index is -3.03. The summed E-state index contributed by atoms with van der Waals surface area (Å²) in [6.45, 7) is 13.7. The van der Waals surface area contributed by atoms with E-state index in [0.29, 0.717) is 26.4 Å². The lowest BCUT2D eigenvalue weighted by Crippen LogP contribution is -2.52. The average molecular weight is 417 g/mol. The quantitative estimate of drug-likeness (QED) is 0.316. The summed E-state index contributed by atoms with van der Waals surface area (Å²) in [5.41, 5.74) is -0.148. The Morgan fingerprint density at radius 1 is 1.11 bits per heavy atom. The minimum Gasteiger partial charge on any atom is -0.445 e. The molecule has 1 aliphatic rings. The van der Waals surface area contributed by atoms with Gasteiger partial charge in [-0.05, 0) is 50.9 Å². The second-order valence-corrected chi connectivity index (χ2v) is 10.9. The van der Waals surface area contributed by atoms with Crippen LogP contribution in [-0.4, -0.2) is 59.6 Å². The Kier molecular flexibility index (Phi) is 9.80. The zero-order chi connectivity index (χ0) is 21.3. The maximum absolute atomic E-state index is 12.3. The van der Waals surface area contributed by atoms with Crippen molar-refractivity contribution in [2.75, 3.05) is 32.6 Å². The van der Waals surface area contributed by atoms with Gasteiger partial charge < -0.3 is 23.3 Å². The summed E-state index contributed by atoms with van der Waals surface area (Å²) in [7, 11) is -3.03. The van der Waals surface area contributed by atoms with Gasteiger partial charge in [-0.3, -0.25) is 0 Å². The molecule has 0 aliphatic heterocycles. The zero-order valence-corrected chi connectivity index (χ0v) is 19.1. The molecule has 1 N–H and O–H groups in total. The Morgan fingerprint density at radius 2 is 1.68 bits per heavy atom. The standard InChI is InChI=1S/C19H36N2O6Si/c1-7-25-28(26-8-2,27-9-3)15-24-17(23)20-13-19(6)11-16(21-14-22)10-18(4,5)12-19/h16H,7-13,15H2,1-6H3,(H,20,23). The maximum atomic E-state index is 12.3.